The average molecular weight is 279 g/mol. The number of anilines is 1. The number of hydrogen-bond acceptors (Lipinski definition) is 3. The Morgan fingerprint density at radius 1 is 1.10 bits per heavy atom. The molecular weight excluding hydrogens is 262 g/mol. The number of carbonyl (C=O) groups excluding carboxylic acids is 2. The van der Waals surface area contributed by atoms with Crippen LogP contribution in [0, 0.1) is 0 Å². The molecule has 0 saturated heterocycles. The lowest BCUT2D eigenvalue weighted by Crippen LogP contribution is -2.33. The Hall–Kier alpha value is -2.57. The second kappa shape index (κ2) is 7.78. The number of urea groups is 1. The molecular formula is C13H17N3O4. The number of amides is 3. The molecule has 3 amide bonds. The minimum absolute atomic E-state index is 0.126. The van der Waals surface area contributed by atoms with E-state index in [0.717, 1.165) is 0 Å². The van der Waals surface area contributed by atoms with Gasteiger partial charge in [0, 0.05) is 25.2 Å². The Morgan fingerprint density at radius 2 is 1.75 bits per heavy atom. The molecule has 7 nitrogen and oxygen atoms in total. The van der Waals surface area contributed by atoms with E-state index in [1.54, 1.807) is 0 Å². The first-order valence-corrected chi connectivity index (χ1v) is 6.18. The molecule has 0 aromatic heterocycles. The van der Waals surface area contributed by atoms with Gasteiger partial charge in [0.25, 0.3) is 0 Å². The van der Waals surface area contributed by atoms with Gasteiger partial charge in [0.1, 0.15) is 0 Å². The van der Waals surface area contributed by atoms with E-state index in [4.69, 9.17) is 5.11 Å². The molecule has 0 fully saturated rings. The fourth-order valence-electron chi connectivity index (χ4n) is 1.45. The van der Waals surface area contributed by atoms with Crippen molar-refractivity contribution in [2.24, 2.45) is 0 Å². The van der Waals surface area contributed by atoms with Crippen LogP contribution >= 0.6 is 0 Å². The highest BCUT2D eigenvalue weighted by atomic mass is 16.4. The predicted molar refractivity (Wildman–Crippen MR) is 73.7 cm³/mol. The first-order valence-electron chi connectivity index (χ1n) is 6.18. The molecule has 0 aliphatic carbocycles. The normalized spacial score (nSPS) is 9.65. The van der Waals surface area contributed by atoms with Gasteiger partial charge in [-0.15, -0.1) is 0 Å². The van der Waals surface area contributed by atoms with Gasteiger partial charge in [-0.05, 0) is 31.2 Å². The third-order valence-corrected chi connectivity index (χ3v) is 2.40. The van der Waals surface area contributed by atoms with Crippen molar-refractivity contribution in [1.82, 2.24) is 10.6 Å². The first-order chi connectivity index (χ1) is 9.52. The topological polar surface area (TPSA) is 108 Å². The number of hydrogen-bond donors (Lipinski definition) is 4. The Kier molecular flexibility index (Phi) is 6.02. The van der Waals surface area contributed by atoms with Gasteiger partial charge < -0.3 is 21.1 Å². The summed E-state index contributed by atoms with van der Waals surface area (Å²) in [6.45, 7) is 2.60. The lowest BCUT2D eigenvalue weighted by Gasteiger charge is -2.07. The zero-order chi connectivity index (χ0) is 15.0. The Morgan fingerprint density at radius 3 is 2.30 bits per heavy atom. The zero-order valence-corrected chi connectivity index (χ0v) is 11.1. The monoisotopic (exact) mass is 279 g/mol. The number of nitrogens with one attached hydrogen (secondary N) is 3. The molecule has 7 heteroatoms. The molecule has 0 atom stereocenters. The summed E-state index contributed by atoms with van der Waals surface area (Å²) >= 11 is 0. The van der Waals surface area contributed by atoms with E-state index in [-0.39, 0.29) is 24.4 Å². The van der Waals surface area contributed by atoms with Crippen LogP contribution in [0.1, 0.15) is 23.7 Å². The van der Waals surface area contributed by atoms with E-state index in [1.807, 2.05) is 6.92 Å². The van der Waals surface area contributed by atoms with Crippen LogP contribution in [0.3, 0.4) is 0 Å². The molecule has 1 aromatic carbocycles. The van der Waals surface area contributed by atoms with Gasteiger partial charge in [-0.3, -0.25) is 4.79 Å². The summed E-state index contributed by atoms with van der Waals surface area (Å²) in [7, 11) is 0. The molecule has 0 spiro atoms. The molecule has 1 rings (SSSR count). The van der Waals surface area contributed by atoms with E-state index >= 15 is 0 Å². The quantitative estimate of drug-likeness (QED) is 0.623. The van der Waals surface area contributed by atoms with Gasteiger partial charge in [-0.2, -0.15) is 0 Å². The molecule has 0 heterocycles. The van der Waals surface area contributed by atoms with Crippen LogP contribution < -0.4 is 16.0 Å². The van der Waals surface area contributed by atoms with Crippen LogP contribution in [0.4, 0.5) is 10.5 Å². The highest BCUT2D eigenvalue weighted by Gasteiger charge is 2.05. The van der Waals surface area contributed by atoms with Gasteiger partial charge >= 0.3 is 12.0 Å². The smallest absolute Gasteiger partial charge is 0.335 e. The minimum Gasteiger partial charge on any atom is -0.478 e. The SMILES string of the molecule is CCNC(=O)CCNC(=O)Nc1ccc(C(=O)O)cc1. The highest BCUT2D eigenvalue weighted by molar-refractivity contribution is 5.91. The highest BCUT2D eigenvalue weighted by Crippen LogP contribution is 2.09. The number of benzene rings is 1. The number of aromatic carboxylic acids is 1. The summed E-state index contributed by atoms with van der Waals surface area (Å²) in [6.07, 6.45) is 0.208. The molecule has 0 aliphatic heterocycles. The summed E-state index contributed by atoms with van der Waals surface area (Å²) in [5.41, 5.74) is 0.623. The molecule has 1 aromatic rings. The van der Waals surface area contributed by atoms with Crippen molar-refractivity contribution < 1.29 is 19.5 Å². The number of carboxylic acid groups (broad SMARTS) is 1. The third-order valence-electron chi connectivity index (χ3n) is 2.40. The average Bonchev–Trinajstić information content (AvgIpc) is 2.39. The van der Waals surface area contributed by atoms with Crippen molar-refractivity contribution in [3.63, 3.8) is 0 Å². The summed E-state index contributed by atoms with van der Waals surface area (Å²) in [5, 5.41) is 16.4. The molecule has 0 aliphatic rings. The van der Waals surface area contributed by atoms with E-state index in [1.165, 1.54) is 24.3 Å². The second-order valence-corrected chi connectivity index (χ2v) is 3.97. The molecule has 20 heavy (non-hydrogen) atoms. The lowest BCUT2D eigenvalue weighted by atomic mass is 10.2. The van der Waals surface area contributed by atoms with Crippen molar-refractivity contribution in [2.45, 2.75) is 13.3 Å². The zero-order valence-electron chi connectivity index (χ0n) is 11.1. The van der Waals surface area contributed by atoms with Crippen LogP contribution in [0.5, 0.6) is 0 Å². The van der Waals surface area contributed by atoms with Gasteiger partial charge in [0.15, 0.2) is 0 Å². The summed E-state index contributed by atoms with van der Waals surface area (Å²) in [6, 6.07) is 5.33. The summed E-state index contributed by atoms with van der Waals surface area (Å²) in [4.78, 5) is 33.3. The molecule has 0 radical (unpaired) electrons. The van der Waals surface area contributed by atoms with Crippen LogP contribution in [-0.4, -0.2) is 36.1 Å². The minimum atomic E-state index is -1.03. The number of carbonyl (C=O) groups is 3. The fraction of sp³-hybridized carbons (Fsp3) is 0.308. The van der Waals surface area contributed by atoms with Gasteiger partial charge in [0.05, 0.1) is 5.56 Å². The maximum atomic E-state index is 11.5. The maximum absolute atomic E-state index is 11.5. The molecule has 0 unspecified atom stereocenters. The van der Waals surface area contributed by atoms with E-state index in [2.05, 4.69) is 16.0 Å². The third kappa shape index (κ3) is 5.38. The summed E-state index contributed by atoms with van der Waals surface area (Å²) in [5.74, 6) is -1.15. The summed E-state index contributed by atoms with van der Waals surface area (Å²) < 4.78 is 0. The van der Waals surface area contributed by atoms with Crippen LogP contribution in [0.25, 0.3) is 0 Å². The molecule has 0 saturated carbocycles. The van der Waals surface area contributed by atoms with Crippen molar-refractivity contribution in [3.05, 3.63) is 29.8 Å². The molecule has 4 N–H and O–H groups in total. The van der Waals surface area contributed by atoms with E-state index in [0.29, 0.717) is 12.2 Å². The van der Waals surface area contributed by atoms with Crippen molar-refractivity contribution in [3.8, 4) is 0 Å². The maximum Gasteiger partial charge on any atom is 0.335 e. The predicted octanol–water partition coefficient (Wildman–Crippen LogP) is 1.03. The van der Waals surface area contributed by atoms with Crippen LogP contribution in [0.15, 0.2) is 24.3 Å². The van der Waals surface area contributed by atoms with Gasteiger partial charge in [-0.1, -0.05) is 0 Å². The van der Waals surface area contributed by atoms with E-state index in [9.17, 15) is 14.4 Å². The van der Waals surface area contributed by atoms with Gasteiger partial charge in [-0.25, -0.2) is 9.59 Å². The lowest BCUT2D eigenvalue weighted by molar-refractivity contribution is -0.120. The molecule has 0 bridgehead atoms. The number of carboxylic acids is 1. The van der Waals surface area contributed by atoms with Crippen molar-refractivity contribution >= 4 is 23.6 Å². The van der Waals surface area contributed by atoms with Crippen LogP contribution in [-0.2, 0) is 4.79 Å². The standard InChI is InChI=1S/C13H17N3O4/c1-2-14-11(17)7-8-15-13(20)16-10-5-3-9(4-6-10)12(18)19/h3-6H,2,7-8H2,1H3,(H,14,17)(H,18,19)(H2,15,16,20). The van der Waals surface area contributed by atoms with Gasteiger partial charge in [0.2, 0.25) is 5.91 Å². The first kappa shape index (κ1) is 15.5. The Labute approximate surface area is 116 Å². The second-order valence-electron chi connectivity index (χ2n) is 3.97. The Balaban J connectivity index is 2.35. The molecule has 108 valence electrons. The number of rotatable bonds is 6. The fourth-order valence-corrected chi connectivity index (χ4v) is 1.45. The van der Waals surface area contributed by atoms with E-state index < -0.39 is 12.0 Å². The van der Waals surface area contributed by atoms with Crippen molar-refractivity contribution in [2.75, 3.05) is 18.4 Å². The van der Waals surface area contributed by atoms with Crippen molar-refractivity contribution in [1.29, 1.82) is 0 Å². The van der Waals surface area contributed by atoms with Crippen LogP contribution in [0.2, 0.25) is 0 Å². The Bertz CT molecular complexity index is 485. The largest absolute Gasteiger partial charge is 0.478 e.